The van der Waals surface area contributed by atoms with Crippen molar-refractivity contribution >= 4 is 52.2 Å². The Morgan fingerprint density at radius 2 is 0.780 bits per heavy atom. The summed E-state index contributed by atoms with van der Waals surface area (Å²) in [7, 11) is 0. The molecule has 0 radical (unpaired) electrons. The van der Waals surface area contributed by atoms with Crippen LogP contribution in [0.3, 0.4) is 0 Å². The fraction of sp³-hybridized carbons (Fsp3) is 0.743. The molecular weight excluding hydrogens is 1470 g/mol. The van der Waals surface area contributed by atoms with Crippen LogP contribution in [0.5, 0.6) is 0 Å². The van der Waals surface area contributed by atoms with Crippen molar-refractivity contribution in [1.82, 2.24) is 15.5 Å². The summed E-state index contributed by atoms with van der Waals surface area (Å²) in [6, 6.07) is 0. The molecule has 1 aromatic heterocycles. The molecule has 15 aliphatic carbocycles. The number of nitrogens with one attached hydrogen (secondary N) is 1. The maximum Gasteiger partial charge on any atom is 0.226 e. The van der Waals surface area contributed by atoms with E-state index in [0.717, 1.165) is 157 Å². The number of aryl methyl sites for hydroxylation is 1. The van der Waals surface area contributed by atoms with Crippen LogP contribution in [0.25, 0.3) is 14.5 Å². The molecule has 3 N–H and O–H groups in total. The topological polar surface area (TPSA) is 244 Å². The third kappa shape index (κ3) is 11.8. The molecule has 21 atom stereocenters. The first-order chi connectivity index (χ1) is 77.6. The van der Waals surface area contributed by atoms with Gasteiger partial charge in [0.15, 0.2) is 46.3 Å². The molecule has 118 heavy (non-hydrogen) atoms. The highest BCUT2D eigenvalue weighted by Gasteiger charge is 2.76. The van der Waals surface area contributed by atoms with E-state index in [4.69, 9.17) is 98.2 Å². The number of amides is 1. The quantitative estimate of drug-likeness (QED) is 0.230. The van der Waals surface area contributed by atoms with Gasteiger partial charge in [0.2, 0.25) is 34.8 Å². The van der Waals surface area contributed by atoms with Crippen LogP contribution in [0, 0.1) is 165 Å². The van der Waals surface area contributed by atoms with E-state index in [1.54, 1.807) is 6.92 Å². The van der Waals surface area contributed by atoms with Gasteiger partial charge in [-0.1, -0.05) is 194 Å². The van der Waals surface area contributed by atoms with Crippen molar-refractivity contribution in [2.24, 2.45) is 151 Å². The number of carbonyl (C=O) groups excluding carboxylic acids is 9. The average molecular weight is 1750 g/mol. The number of hydrogen-bond donors (Lipinski definition) is 2. The van der Waals surface area contributed by atoms with Gasteiger partial charge in [-0.05, 0) is 237 Å². The third-order valence-corrected chi connectivity index (χ3v) is 38.8. The first kappa shape index (κ1) is 62.0. The van der Waals surface area contributed by atoms with Crippen molar-refractivity contribution < 1.29 is 116 Å². The molecule has 9 saturated carbocycles. The lowest BCUT2D eigenvalue weighted by Crippen LogP contribution is -2.66. The highest BCUT2D eigenvalue weighted by atomic mass is 16.4. The monoisotopic (exact) mass is 1750 g/mol. The molecule has 0 aromatic carbocycles. The second-order valence-corrected chi connectivity index (χ2v) is 46.7. The summed E-state index contributed by atoms with van der Waals surface area (Å²) < 4.78 is 236. The van der Waals surface area contributed by atoms with Crippen LogP contribution in [-0.4, -0.2) is 75.5 Å². The van der Waals surface area contributed by atoms with Crippen LogP contribution >= 0.6 is 0 Å². The zero-order valence-corrected chi connectivity index (χ0v) is 75.7. The SMILES string of the molecule is [3H][3H].[3H][3H].[3H][3H].[3H][3H].[3H][3H].[3H][3H].[3H][3H].[3H][3H].[3H][3H].[3H][3H].[3H][3H].[3H][3H].[3H][3H].[3H][3H].[3H][3H].[3H][3H].[3H][3H].[3H][3H].[3H][3H].[3H][3H].[3H][3H].[3H][3H].[3H][3H].[C-]#[N+]C1=C[C@]2(C)C3=CC(=O)[C@@H]4[C@@H]5CC(C)(C)CC[C@]5(C(=O)CN)CC[C@@]4(C)[C@]3(C)CC[C@H]2C(C)(C)C1=O.[C-]#[N+]C1=C[C@]2(C)C3=CC(=O)[C@@H]4[C@@H]5CC(C)(C)CC[C@]5(C(=O)CNC(=O)CC)CC[C@@]4(C)[C@]3(C)CC[C@H]2C(C)(C)C1=O.[C-]#[N+]C1=C[C@]2(C)C3=CC(=O)[C@@H]4[C@@H]5CC(C)(C)CC[C@]5(c5nnc(CC)o5)CC[C@@]4(C)[C@]3(C)CC[C@H]2C(C)(C)C1=O. The summed E-state index contributed by atoms with van der Waals surface area (Å²) in [4.78, 5) is 134. The molecule has 17 heteroatoms. The Bertz CT molecular complexity index is 5030. The van der Waals surface area contributed by atoms with Gasteiger partial charge in [0.25, 0.3) is 0 Å². The Morgan fingerprint density at radius 3 is 1.12 bits per heavy atom. The lowest BCUT2D eigenvalue weighted by Gasteiger charge is -2.69. The number of hydrogen-bond acceptors (Lipinski definition) is 13. The second kappa shape index (κ2) is 27.7. The maximum absolute atomic E-state index is 14.6. The Labute approximate surface area is 775 Å². The van der Waals surface area contributed by atoms with E-state index in [-0.39, 0.29) is 190 Å². The summed E-state index contributed by atoms with van der Waals surface area (Å²) in [6.07, 6.45) is 31.1. The molecule has 0 bridgehead atoms. The molecule has 1 heterocycles. The van der Waals surface area contributed by atoms with Gasteiger partial charge in [-0.25, -0.2) is 14.5 Å². The normalized spacial score (nSPS) is 45.3. The van der Waals surface area contributed by atoms with Crippen LogP contribution in [0.2, 0.25) is 0 Å². The Kier molecular flexibility index (Phi) is 14.5. The largest absolute Gasteiger partial charge is 0.425 e. The number of Topliss-reactive ketones (excluding diaryl/α,β-unsaturated/α-hetero) is 5. The number of nitrogens with zero attached hydrogens (tertiary/aromatic N) is 5. The zero-order chi connectivity index (χ0) is 133. The number of carbonyl (C=O) groups is 9. The van der Waals surface area contributed by atoms with Crippen LogP contribution in [0.4, 0.5) is 0 Å². The van der Waals surface area contributed by atoms with Gasteiger partial charge in [-0.15, -0.1) is 10.2 Å². The first-order valence-electron chi connectivity index (χ1n) is 68.2. The van der Waals surface area contributed by atoms with Crippen LogP contribution in [-0.2, 0) is 55.0 Å². The smallest absolute Gasteiger partial charge is 0.226 e. The standard InChI is InChI=1S/C35H48N2O4.C34H45N3O3.C32H44N2O3.23H2/c1-10-27(40)37-20-26(39)35-15-13-30(2,3)18-21(35)28-23(38)17-25-32(6)19-22(36-9)29(41)31(4,5)24(32)11-12-33(25,7)34(28,8)14-16-35;1-10-25-36-37-28(40-25)34-15-13-29(2,3)18-20(34)26-22(38)17-24-31(6)19-21(35-9)27(39)30(4,5)23(31)11-12-32(24,7)33(26,8)14-16-34;1-27(2)11-13-32(24(36)18-33)14-12-31(7)25(19(32)16-27)21(35)15-23-29(5)17-20(34-8)26(37)28(3,4)22(29)9-10-30(23,31)6;;;;;;;;;;;;;;;;;;;;;;;/h17,19,21,24,28H,10-16,18,20H2,1-8H3,(H,37,40);17,19-20,23,26H,10-16,18H2,1-8H3;15,17,19,22,25H,9-14,16,18,33H2,1-7H3;23*1H/t21-,24-,28-,32-,33+,34+,35-;20-,23-,26-,31-,32+,33+,34-;19-,22-,25-,29-,30+,31+,32-;;;;;;;;;;;;;;;;;;;;;;;/m000......................./s1/i;;;23*1+2T. The van der Waals surface area contributed by atoms with Crippen LogP contribution in [0.15, 0.2) is 74.7 Å². The summed E-state index contributed by atoms with van der Waals surface area (Å²) >= 11 is 0. The minimum absolute atomic E-state index is 0.00239. The van der Waals surface area contributed by atoms with Crippen molar-refractivity contribution in [3.8, 4) is 0 Å². The predicted molar refractivity (Wildman–Crippen MR) is 504 cm³/mol. The number of allylic oxidation sites excluding steroid dienone is 12. The van der Waals surface area contributed by atoms with Crippen LogP contribution in [0.1, 0.15) is 381 Å². The summed E-state index contributed by atoms with van der Waals surface area (Å²) in [5.41, 5.74) is 3.59. The number of rotatable bonds is 8. The molecule has 17 nitrogen and oxygen atoms in total. The van der Waals surface area contributed by atoms with Crippen molar-refractivity contribution in [1.29, 1.82) is 0 Å². The van der Waals surface area contributed by atoms with E-state index in [2.05, 4.69) is 134 Å². The second-order valence-electron chi connectivity index (χ2n) is 46.7. The van der Waals surface area contributed by atoms with Gasteiger partial charge in [0.05, 0.1) is 38.2 Å². The van der Waals surface area contributed by atoms with Gasteiger partial charge >= 0.3 is 0 Å². The minimum atomic E-state index is -0.684. The van der Waals surface area contributed by atoms with Gasteiger partial charge in [0.1, 0.15) is 0 Å². The van der Waals surface area contributed by atoms with E-state index in [9.17, 15) is 43.2 Å². The predicted octanol–water partition coefficient (Wildman–Crippen LogP) is 25.9. The van der Waals surface area contributed by atoms with Crippen molar-refractivity contribution in [2.75, 3.05) is 13.1 Å². The Balaban J connectivity index is -0.000000230. The van der Waals surface area contributed by atoms with Crippen molar-refractivity contribution in [3.63, 3.8) is 0 Å². The average Bonchev–Trinajstić information content (AvgIpc) is 0.825. The zero-order valence-electron chi connectivity index (χ0n) is 122. The lowest BCUT2D eigenvalue weighted by atomic mass is 9.34. The minimum Gasteiger partial charge on any atom is -0.425 e. The summed E-state index contributed by atoms with van der Waals surface area (Å²) in [5, 5.41) is 11.8. The van der Waals surface area contributed by atoms with E-state index in [1.165, 1.54) is 0 Å². The number of ketones is 8. The fourth-order valence-corrected chi connectivity index (χ4v) is 31.4. The van der Waals surface area contributed by atoms with Crippen molar-refractivity contribution in [3.05, 3.63) is 116 Å². The van der Waals surface area contributed by atoms with Gasteiger partial charge < -0.3 is 29.9 Å². The number of fused-ring (bicyclic) bond motifs is 21. The molecule has 9 fully saturated rings. The van der Waals surface area contributed by atoms with E-state index in [1.807, 2.05) is 84.9 Å². The molecule has 0 saturated heterocycles. The van der Waals surface area contributed by atoms with Gasteiger partial charge in [-0.2, -0.15) is 0 Å². The molecule has 0 aliphatic heterocycles. The highest BCUT2D eigenvalue weighted by Crippen LogP contribution is 2.80. The number of aromatic nitrogens is 2. The van der Waals surface area contributed by atoms with Gasteiger partial charge in [-0.3, -0.25) is 28.8 Å². The molecule has 1 amide bonds. The van der Waals surface area contributed by atoms with E-state index >= 15 is 0 Å². The molecule has 0 unspecified atom stereocenters. The Morgan fingerprint density at radius 1 is 0.458 bits per heavy atom. The lowest BCUT2D eigenvalue weighted by molar-refractivity contribution is -0.177. The highest BCUT2D eigenvalue weighted by molar-refractivity contribution is 6.06. The number of nitrogens with two attached hydrogens (primary N) is 1. The summed E-state index contributed by atoms with van der Waals surface area (Å²) in [5.74, 6) is 1.29. The molecule has 0 spiro atoms. The van der Waals surface area contributed by atoms with Gasteiger partial charge in [0, 0.05) is 142 Å². The molecule has 16 rings (SSSR count). The molecule has 682 valence electrons. The van der Waals surface area contributed by atoms with E-state index < -0.39 is 43.3 Å². The Hall–Kier alpha value is -7.16. The fourth-order valence-electron chi connectivity index (χ4n) is 31.4. The summed E-state index contributed by atoms with van der Waals surface area (Å²) in [6.45, 7) is 73.3. The first-order valence-corrected chi connectivity index (χ1v) is 45.2. The maximum atomic E-state index is 14.6. The molecule has 15 aliphatic rings. The molecular formula is C101H183N7O10. The molecule has 1 aromatic rings. The van der Waals surface area contributed by atoms with E-state index in [0.29, 0.717) is 18.7 Å². The third-order valence-electron chi connectivity index (χ3n) is 38.8. The van der Waals surface area contributed by atoms with Crippen LogP contribution < -0.4 is 11.1 Å². The van der Waals surface area contributed by atoms with Crippen molar-refractivity contribution in [2.45, 2.75) is 312 Å².